The lowest BCUT2D eigenvalue weighted by molar-refractivity contribution is -0.114. The first-order valence-corrected chi connectivity index (χ1v) is 6.73. The molecule has 5 nitrogen and oxygen atoms in total. The van der Waals surface area contributed by atoms with Gasteiger partial charge in [0.1, 0.15) is 6.07 Å². The lowest BCUT2D eigenvalue weighted by Crippen LogP contribution is -2.21. The second kappa shape index (κ2) is 7.12. The van der Waals surface area contributed by atoms with Crippen molar-refractivity contribution in [3.8, 4) is 12.1 Å². The van der Waals surface area contributed by atoms with Gasteiger partial charge < -0.3 is 10.6 Å². The van der Waals surface area contributed by atoms with Crippen LogP contribution < -0.4 is 10.6 Å². The Kier molecular flexibility index (Phi) is 4.98. The lowest BCUT2D eigenvalue weighted by atomic mass is 10.2. The highest BCUT2D eigenvalue weighted by molar-refractivity contribution is 6.32. The van der Waals surface area contributed by atoms with Gasteiger partial charge in [-0.3, -0.25) is 4.79 Å². The molecule has 0 aliphatic carbocycles. The maximum atomic E-state index is 11.9. The minimum Gasteiger partial charge on any atom is -0.376 e. The van der Waals surface area contributed by atoms with Crippen LogP contribution in [0.15, 0.2) is 42.5 Å². The molecule has 0 saturated heterocycles. The third-order valence-corrected chi connectivity index (χ3v) is 3.13. The van der Waals surface area contributed by atoms with Crippen LogP contribution >= 0.6 is 11.6 Å². The Hall–Kier alpha value is -3.02. The van der Waals surface area contributed by atoms with E-state index < -0.39 is 0 Å². The number of nitrogens with one attached hydrogen (secondary N) is 2. The molecule has 108 valence electrons. The van der Waals surface area contributed by atoms with E-state index in [2.05, 4.69) is 10.6 Å². The minimum atomic E-state index is -0.261. The Balaban J connectivity index is 1.94. The summed E-state index contributed by atoms with van der Waals surface area (Å²) >= 11 is 5.90. The molecule has 2 aromatic carbocycles. The number of rotatable bonds is 4. The topological polar surface area (TPSA) is 88.7 Å². The molecule has 2 rings (SSSR count). The number of nitriles is 2. The van der Waals surface area contributed by atoms with Gasteiger partial charge in [0, 0.05) is 11.4 Å². The third kappa shape index (κ3) is 3.99. The van der Waals surface area contributed by atoms with Crippen LogP contribution in [-0.4, -0.2) is 12.5 Å². The van der Waals surface area contributed by atoms with E-state index in [1.165, 1.54) is 6.07 Å². The van der Waals surface area contributed by atoms with Gasteiger partial charge in [-0.05, 0) is 36.4 Å². The number of halogens is 1. The molecule has 0 aromatic heterocycles. The van der Waals surface area contributed by atoms with Gasteiger partial charge in [-0.15, -0.1) is 0 Å². The van der Waals surface area contributed by atoms with Crippen molar-refractivity contribution in [1.29, 1.82) is 10.5 Å². The minimum absolute atomic E-state index is 0.0481. The Bertz CT molecular complexity index is 789. The van der Waals surface area contributed by atoms with Gasteiger partial charge in [-0.2, -0.15) is 10.5 Å². The zero-order chi connectivity index (χ0) is 15.9. The third-order valence-electron chi connectivity index (χ3n) is 2.82. The maximum absolute atomic E-state index is 11.9. The summed E-state index contributed by atoms with van der Waals surface area (Å²) in [5.74, 6) is -0.261. The molecule has 0 bridgehead atoms. The molecule has 0 saturated carbocycles. The molecule has 0 heterocycles. The Morgan fingerprint density at radius 2 is 1.91 bits per heavy atom. The molecule has 0 radical (unpaired) electrons. The SMILES string of the molecule is N#Cc1cccc(NCC(=O)Nc2ccc(C#N)c(Cl)c2)c1. The molecule has 0 spiro atoms. The molecule has 0 fully saturated rings. The van der Waals surface area contributed by atoms with E-state index in [-0.39, 0.29) is 17.5 Å². The monoisotopic (exact) mass is 310 g/mol. The van der Waals surface area contributed by atoms with Crippen molar-refractivity contribution < 1.29 is 4.79 Å². The van der Waals surface area contributed by atoms with Crippen LogP contribution in [0.1, 0.15) is 11.1 Å². The fourth-order valence-electron chi connectivity index (χ4n) is 1.77. The first-order valence-electron chi connectivity index (χ1n) is 6.36. The molecular formula is C16H11ClN4O. The molecule has 0 aliphatic heterocycles. The van der Waals surface area contributed by atoms with Crippen molar-refractivity contribution in [2.45, 2.75) is 0 Å². The summed E-state index contributed by atoms with van der Waals surface area (Å²) in [6.45, 7) is 0.0481. The zero-order valence-corrected chi connectivity index (χ0v) is 12.2. The summed E-state index contributed by atoms with van der Waals surface area (Å²) in [5, 5.41) is 23.5. The summed E-state index contributed by atoms with van der Waals surface area (Å²) in [4.78, 5) is 11.9. The van der Waals surface area contributed by atoms with E-state index in [4.69, 9.17) is 22.1 Å². The molecule has 6 heteroatoms. The highest BCUT2D eigenvalue weighted by Gasteiger charge is 2.05. The largest absolute Gasteiger partial charge is 0.376 e. The van der Waals surface area contributed by atoms with Crippen LogP contribution in [0.25, 0.3) is 0 Å². The fourth-order valence-corrected chi connectivity index (χ4v) is 1.99. The fraction of sp³-hybridized carbons (Fsp3) is 0.0625. The smallest absolute Gasteiger partial charge is 0.243 e. The van der Waals surface area contributed by atoms with Crippen LogP contribution in [0.3, 0.4) is 0 Å². The Morgan fingerprint density at radius 3 is 2.59 bits per heavy atom. The molecule has 0 aliphatic rings. The predicted molar refractivity (Wildman–Crippen MR) is 84.4 cm³/mol. The summed E-state index contributed by atoms with van der Waals surface area (Å²) in [6, 6.07) is 15.5. The number of carbonyl (C=O) groups excluding carboxylic acids is 1. The molecule has 0 unspecified atom stereocenters. The maximum Gasteiger partial charge on any atom is 0.243 e. The van der Waals surface area contributed by atoms with Crippen molar-refractivity contribution in [2.24, 2.45) is 0 Å². The number of amides is 1. The van der Waals surface area contributed by atoms with Gasteiger partial charge in [-0.1, -0.05) is 17.7 Å². The van der Waals surface area contributed by atoms with Crippen molar-refractivity contribution >= 4 is 28.9 Å². The van der Waals surface area contributed by atoms with Crippen LogP contribution in [0, 0.1) is 22.7 Å². The number of hydrogen-bond donors (Lipinski definition) is 2. The summed E-state index contributed by atoms with van der Waals surface area (Å²) in [7, 11) is 0. The lowest BCUT2D eigenvalue weighted by Gasteiger charge is -2.08. The highest BCUT2D eigenvalue weighted by Crippen LogP contribution is 2.20. The van der Waals surface area contributed by atoms with Crippen LogP contribution in [0.4, 0.5) is 11.4 Å². The van der Waals surface area contributed by atoms with Gasteiger partial charge in [0.25, 0.3) is 0 Å². The van der Waals surface area contributed by atoms with E-state index >= 15 is 0 Å². The van der Waals surface area contributed by atoms with E-state index in [0.29, 0.717) is 22.5 Å². The summed E-state index contributed by atoms with van der Waals surface area (Å²) < 4.78 is 0. The number of anilines is 2. The first-order chi connectivity index (χ1) is 10.6. The second-order valence-corrected chi connectivity index (χ2v) is 4.81. The van der Waals surface area contributed by atoms with Crippen molar-refractivity contribution in [2.75, 3.05) is 17.2 Å². The first kappa shape index (κ1) is 15.4. The zero-order valence-electron chi connectivity index (χ0n) is 11.4. The molecule has 2 aromatic rings. The molecular weight excluding hydrogens is 300 g/mol. The van der Waals surface area contributed by atoms with Gasteiger partial charge >= 0.3 is 0 Å². The van der Waals surface area contributed by atoms with Crippen molar-refractivity contribution in [3.63, 3.8) is 0 Å². The summed E-state index contributed by atoms with van der Waals surface area (Å²) in [5.41, 5.74) is 2.07. The quantitative estimate of drug-likeness (QED) is 0.908. The predicted octanol–water partition coefficient (Wildman–Crippen LogP) is 3.13. The van der Waals surface area contributed by atoms with Gasteiger partial charge in [-0.25, -0.2) is 0 Å². The Labute approximate surface area is 132 Å². The van der Waals surface area contributed by atoms with E-state index in [9.17, 15) is 4.79 Å². The van der Waals surface area contributed by atoms with Crippen LogP contribution in [0.5, 0.6) is 0 Å². The number of benzene rings is 2. The second-order valence-electron chi connectivity index (χ2n) is 4.40. The van der Waals surface area contributed by atoms with Crippen molar-refractivity contribution in [3.05, 3.63) is 58.6 Å². The average molecular weight is 311 g/mol. The normalized spacial score (nSPS) is 9.41. The van der Waals surface area contributed by atoms with Gasteiger partial charge in [0.15, 0.2) is 0 Å². The van der Waals surface area contributed by atoms with Gasteiger partial charge in [0.2, 0.25) is 5.91 Å². The van der Waals surface area contributed by atoms with E-state index in [1.807, 2.05) is 12.1 Å². The van der Waals surface area contributed by atoms with Crippen LogP contribution in [-0.2, 0) is 4.79 Å². The Morgan fingerprint density at radius 1 is 1.09 bits per heavy atom. The molecule has 0 atom stereocenters. The molecule has 1 amide bonds. The van der Waals surface area contributed by atoms with Crippen LogP contribution in [0.2, 0.25) is 5.02 Å². The standard InChI is InChI=1S/C16H11ClN4O/c17-15-7-14(5-4-12(15)9-19)21-16(22)10-20-13-3-1-2-11(6-13)8-18/h1-7,20H,10H2,(H,21,22). The van der Waals surface area contributed by atoms with Gasteiger partial charge in [0.05, 0.1) is 28.8 Å². The molecule has 22 heavy (non-hydrogen) atoms. The number of nitrogens with zero attached hydrogens (tertiary/aromatic N) is 2. The van der Waals surface area contributed by atoms with E-state index in [0.717, 1.165) is 0 Å². The van der Waals surface area contributed by atoms with Crippen molar-refractivity contribution in [1.82, 2.24) is 0 Å². The highest BCUT2D eigenvalue weighted by atomic mass is 35.5. The number of carbonyl (C=O) groups is 1. The molecule has 2 N–H and O–H groups in total. The van der Waals surface area contributed by atoms with E-state index in [1.54, 1.807) is 36.4 Å². The number of hydrogen-bond acceptors (Lipinski definition) is 4. The average Bonchev–Trinajstić information content (AvgIpc) is 2.53. The summed E-state index contributed by atoms with van der Waals surface area (Å²) in [6.07, 6.45) is 0.